The highest BCUT2D eigenvalue weighted by Gasteiger charge is 2.18. The van der Waals surface area contributed by atoms with Crippen molar-refractivity contribution in [3.8, 4) is 45.0 Å². The van der Waals surface area contributed by atoms with E-state index in [0.717, 1.165) is 72.8 Å². The van der Waals surface area contributed by atoms with Gasteiger partial charge in [-0.05, 0) is 223 Å². The van der Waals surface area contributed by atoms with Crippen molar-refractivity contribution < 1.29 is 56.6 Å². The zero-order chi connectivity index (χ0) is 77.8. The third-order valence-electron chi connectivity index (χ3n) is 12.9. The van der Waals surface area contributed by atoms with Gasteiger partial charge >= 0.3 is 0 Å². The van der Waals surface area contributed by atoms with E-state index in [1.807, 2.05) is 39.0 Å². The van der Waals surface area contributed by atoms with Gasteiger partial charge in [0.1, 0.15) is 28.2 Å². The Labute approximate surface area is 504 Å². The van der Waals surface area contributed by atoms with Crippen LogP contribution in [-0.2, 0) is 34.6 Å². The first-order valence-electron chi connectivity index (χ1n) is 37.9. The third-order valence-corrected chi connectivity index (χ3v) is 12.9. The van der Waals surface area contributed by atoms with Gasteiger partial charge in [-0.15, -0.1) is 0 Å². The topological polar surface area (TPSA) is 15.5 Å². The number of aryl methyl sites for hydroxylation is 18. The molecule has 0 aliphatic rings. The average molecular weight is 1050 g/mol. The Kier molecular flexibility index (Phi) is 12.6. The Morgan fingerprint density at radius 2 is 0.763 bits per heavy atom. The van der Waals surface area contributed by atoms with E-state index in [1.54, 1.807) is 185 Å². The molecule has 4 nitrogen and oxygen atoms in total. The summed E-state index contributed by atoms with van der Waals surface area (Å²) >= 11 is 0. The lowest BCUT2D eigenvalue weighted by Crippen LogP contribution is -2.31. The smallest absolute Gasteiger partial charge is 0.201 e. The quantitative estimate of drug-likeness (QED) is 0.141. The van der Waals surface area contributed by atoms with Crippen molar-refractivity contribution in [3.63, 3.8) is 0 Å². The zero-order valence-electron chi connectivity index (χ0n) is 72.8. The van der Waals surface area contributed by atoms with Crippen LogP contribution in [0.2, 0.25) is 0 Å². The van der Waals surface area contributed by atoms with Crippen LogP contribution in [0, 0.1) is 89.6 Å². The van der Waals surface area contributed by atoms with Gasteiger partial charge in [-0.2, -0.15) is 0 Å². The van der Waals surface area contributed by atoms with Gasteiger partial charge in [-0.3, -0.25) is 0 Å². The van der Waals surface area contributed by atoms with E-state index in [-0.39, 0.29) is 44.5 Å². The largest absolute Gasteiger partial charge is 0.212 e. The molecule has 0 spiro atoms. The summed E-state index contributed by atoms with van der Waals surface area (Å²) in [6.07, 6.45) is 3.93. The molecule has 0 saturated heterocycles. The lowest BCUT2D eigenvalue weighted by Gasteiger charge is -2.14. The van der Waals surface area contributed by atoms with Crippen LogP contribution in [-0.4, -0.2) is 0 Å². The SMILES string of the molecule is C.C.C.[2H]C([2H])([2H])c1cc(C)c(-c2ccc(C([2H])(C)C([2H])([2H])[2H])c[n+]2C)cc1C.[2H]C([2H])([2H])c1ccc(-c2cc(C)c(C([2H])(C)C([2H])([2H])[2H])cc2C)[n+](C)c1.[2H]C([2H])([2H])c1ccc(-c2cc(C)c(C([2H])([2H])C([2H])([2H])[2H])cc2C)[n+](C)c1.[2H]C([2H])([2H])c1ccc(-c2cc(C)c(C([2H])([2H])[2H])cc2C)[n+](C)c1. The molecule has 0 aliphatic carbocycles. The van der Waals surface area contributed by atoms with Crippen molar-refractivity contribution >= 4 is 0 Å². The van der Waals surface area contributed by atoms with Gasteiger partial charge in [0.25, 0.3) is 0 Å². The van der Waals surface area contributed by atoms with E-state index in [0.29, 0.717) is 38.9 Å². The maximum absolute atomic E-state index is 8.34. The predicted molar refractivity (Wildman–Crippen MR) is 332 cm³/mol. The van der Waals surface area contributed by atoms with E-state index in [4.69, 9.17) is 38.4 Å². The Hall–Kier alpha value is -6.52. The summed E-state index contributed by atoms with van der Waals surface area (Å²) < 4.78 is 221. The fourth-order valence-electron chi connectivity index (χ4n) is 8.68. The summed E-state index contributed by atoms with van der Waals surface area (Å²) in [4.78, 5) is 0. The molecule has 4 aromatic heterocycles. The molecule has 0 saturated carbocycles. The van der Waals surface area contributed by atoms with Crippen LogP contribution in [0.25, 0.3) is 45.0 Å². The standard InChI is InChI=1S/2C18H24N.C17H22N.C16H20N.3CH4/c1-12(2)16-7-8-18(19(6)11-16)17-10-14(4)13(3)9-15(17)5;1-12(2)16-9-15(5)17(10-14(16)4)18-8-7-13(3)11-19(18)6;1-6-15-9-14(4)16(10-13(15)3)17-8-7-12(2)11-18(17)5;1-11-6-7-16(17(5)10-11)15-9-13(3)12(2)8-14(15)4;;;/h2*7-12H,1-6H3;7-11H,6H2,1-5H3;6-10H,1-5H3;3*1H4/q4*+1;;;/i2*1D3,3D3,12D;1D3,2D3,6D2;1D3,2D3;;;. The first-order chi connectivity index (χ1) is 45.4. The molecule has 0 radical (unpaired) electrons. The van der Waals surface area contributed by atoms with Crippen LogP contribution in [0.4, 0.5) is 0 Å². The molecule has 8 aromatic rings. The number of hydrogen-bond donors (Lipinski definition) is 0. The fraction of sp³-hybridized carbons (Fsp3) is 0.389. The molecule has 0 N–H and O–H groups in total. The first kappa shape index (κ1) is 33.6. The minimum Gasteiger partial charge on any atom is -0.201 e. The number of rotatable bonds is 7. The molecule has 0 aliphatic heterocycles. The molecule has 76 heavy (non-hydrogen) atoms. The lowest BCUT2D eigenvalue weighted by atomic mass is 9.92. The van der Waals surface area contributed by atoms with Gasteiger partial charge in [-0.25, -0.2) is 18.3 Å². The average Bonchev–Trinajstić information content (AvgIpc) is 0.772. The number of aromatic nitrogens is 4. The van der Waals surface area contributed by atoms with E-state index >= 15 is 0 Å². The summed E-state index contributed by atoms with van der Waals surface area (Å²) in [6, 6.07) is 27.4. The molecule has 0 bridgehead atoms. The summed E-state index contributed by atoms with van der Waals surface area (Å²) in [5.41, 5.74) is 15.0. The van der Waals surface area contributed by atoms with Crippen molar-refractivity contribution in [1.82, 2.24) is 0 Å². The van der Waals surface area contributed by atoms with Gasteiger partial charge in [0.05, 0.1) is 0 Å². The van der Waals surface area contributed by atoms with Gasteiger partial charge in [0.15, 0.2) is 24.8 Å². The van der Waals surface area contributed by atoms with E-state index in [9.17, 15) is 0 Å². The maximum atomic E-state index is 8.34. The molecule has 2 unspecified atom stereocenters. The highest BCUT2D eigenvalue weighted by Crippen LogP contribution is 2.30. The van der Waals surface area contributed by atoms with Gasteiger partial charge < -0.3 is 0 Å². The lowest BCUT2D eigenvalue weighted by molar-refractivity contribution is -0.661. The third kappa shape index (κ3) is 16.2. The van der Waals surface area contributed by atoms with Crippen LogP contribution in [0.1, 0.15) is 196 Å². The molecule has 0 amide bonds. The molecule has 4 heterocycles. The fourth-order valence-corrected chi connectivity index (χ4v) is 8.68. The maximum Gasteiger partial charge on any atom is 0.212 e. The van der Waals surface area contributed by atoms with Crippen molar-refractivity contribution in [1.29, 1.82) is 0 Å². The van der Waals surface area contributed by atoms with Crippen LogP contribution < -0.4 is 18.3 Å². The van der Waals surface area contributed by atoms with Crippen LogP contribution in [0.5, 0.6) is 0 Å². The second kappa shape index (κ2) is 28.6. The van der Waals surface area contributed by atoms with Gasteiger partial charge in [0.2, 0.25) is 22.8 Å². The van der Waals surface area contributed by atoms with E-state index in [2.05, 4.69) is 0 Å². The molecular weight excluding hydrogens is 921 g/mol. The highest BCUT2D eigenvalue weighted by molar-refractivity contribution is 5.66. The summed E-state index contributed by atoms with van der Waals surface area (Å²) in [7, 11) is 7.11. The second-order valence-electron chi connectivity index (χ2n) is 19.0. The Balaban J connectivity index is 0.000000467. The summed E-state index contributed by atoms with van der Waals surface area (Å²) in [5, 5.41) is 0. The molecule has 4 heteroatoms. The number of benzene rings is 4. The second-order valence-corrected chi connectivity index (χ2v) is 19.0. The zero-order valence-corrected chi connectivity index (χ0v) is 44.8. The van der Waals surface area contributed by atoms with Crippen molar-refractivity contribution in [2.45, 2.75) is 164 Å². The van der Waals surface area contributed by atoms with Crippen molar-refractivity contribution in [2.24, 2.45) is 28.2 Å². The highest BCUT2D eigenvalue weighted by atomic mass is 14.9. The molecule has 2 atom stereocenters. The molecular formula is C72H102N4+4. The summed E-state index contributed by atoms with van der Waals surface area (Å²) in [6.45, 7) is -1.25. The monoisotopic (exact) mass is 1050 g/mol. The van der Waals surface area contributed by atoms with Gasteiger partial charge in [-0.1, -0.05) is 80.9 Å². The Morgan fingerprint density at radius 3 is 1.13 bits per heavy atom. The molecule has 4 aromatic carbocycles. The molecule has 406 valence electrons. The van der Waals surface area contributed by atoms with Crippen molar-refractivity contribution in [2.75, 3.05) is 0 Å². The number of nitrogens with zero attached hydrogens (tertiary/aromatic N) is 4. The van der Waals surface area contributed by atoms with Crippen LogP contribution in [0.15, 0.2) is 122 Å². The van der Waals surface area contributed by atoms with E-state index < -0.39 is 73.0 Å². The van der Waals surface area contributed by atoms with Crippen molar-refractivity contribution in [3.05, 3.63) is 211 Å². The molecule has 0 fully saturated rings. The minimum absolute atomic E-state index is 0. The number of hydrogen-bond acceptors (Lipinski definition) is 0. The van der Waals surface area contributed by atoms with E-state index in [1.165, 1.54) is 13.8 Å². The summed E-state index contributed by atoms with van der Waals surface area (Å²) in [5.74, 6) is -3.41. The predicted octanol–water partition coefficient (Wildman–Crippen LogP) is 17.4. The van der Waals surface area contributed by atoms with Crippen LogP contribution >= 0.6 is 0 Å². The van der Waals surface area contributed by atoms with Gasteiger partial charge in [0, 0.05) is 107 Å². The minimum atomic E-state index is -2.77. The number of pyridine rings is 4. The van der Waals surface area contributed by atoms with Crippen LogP contribution in [0.3, 0.4) is 0 Å². The normalized spacial score (nSPS) is 19.0. The Morgan fingerprint density at radius 1 is 0.395 bits per heavy atom. The Bertz CT molecular complexity index is 4210. The molecule has 8 rings (SSSR count). The first-order valence-corrected chi connectivity index (χ1v) is 23.9.